The highest BCUT2D eigenvalue weighted by molar-refractivity contribution is 5.37. The van der Waals surface area contributed by atoms with Gasteiger partial charge in [-0.15, -0.1) is 0 Å². The maximum Gasteiger partial charge on any atom is 0.406 e. The lowest BCUT2D eigenvalue weighted by molar-refractivity contribution is -0.299. The fraction of sp³-hybridized carbons (Fsp3) is 0.571. The fourth-order valence-electron chi connectivity index (χ4n) is 3.58. The summed E-state index contributed by atoms with van der Waals surface area (Å²) in [7, 11) is 0. The van der Waals surface area contributed by atoms with Crippen LogP contribution in [-0.4, -0.2) is 24.7 Å². The second-order valence-electron chi connectivity index (χ2n) is 11.9. The molecule has 2 aromatic carbocycles. The highest BCUT2D eigenvalue weighted by Gasteiger charge is 2.70. The first kappa shape index (κ1) is 35.6. The molecule has 0 N–H and O–H groups in total. The lowest BCUT2D eigenvalue weighted by atomic mass is 9.77. The molecule has 0 heterocycles. The van der Waals surface area contributed by atoms with E-state index >= 15 is 0 Å². The molecule has 0 unspecified atom stereocenters. The van der Waals surface area contributed by atoms with Crippen LogP contribution in [-0.2, 0) is 21.7 Å². The van der Waals surface area contributed by atoms with Crippen molar-refractivity contribution in [1.29, 1.82) is 0 Å². The molecule has 0 saturated heterocycles. The Bertz CT molecular complexity index is 982. The maximum atomic E-state index is 12.9. The summed E-state index contributed by atoms with van der Waals surface area (Å²) in [4.78, 5) is 0. The number of halogens is 12. The van der Waals surface area contributed by atoms with Crippen molar-refractivity contribution in [2.75, 3.05) is 0 Å². The Labute approximate surface area is 225 Å². The molecule has 0 aliphatic heterocycles. The molecule has 0 aromatic heterocycles. The Morgan fingerprint density at radius 1 is 0.300 bits per heavy atom. The summed E-state index contributed by atoms with van der Waals surface area (Å²) in [5.74, 6) is 0. The van der Waals surface area contributed by atoms with E-state index in [-0.39, 0.29) is 48.9 Å². The van der Waals surface area contributed by atoms with Gasteiger partial charge in [0.2, 0.25) is 0 Å². The first-order valence-electron chi connectivity index (χ1n) is 11.9. The third kappa shape index (κ3) is 7.08. The smallest absolute Gasteiger partial charge is 0.170 e. The third-order valence-electron chi connectivity index (χ3n) is 6.92. The van der Waals surface area contributed by atoms with Crippen LogP contribution in [0.15, 0.2) is 48.5 Å². The SMILES string of the molecule is CC(C)(C)c1ccc(C(C)(C)C)cc1.CC(c1ccc(C(C)(C(F)(F)F)C(F)(F)F)cc1)(C(F)(F)F)C(F)(F)F. The zero-order valence-electron chi connectivity index (χ0n) is 23.2. The molecule has 2 rings (SSSR count). The largest absolute Gasteiger partial charge is 0.406 e. The summed E-state index contributed by atoms with van der Waals surface area (Å²) in [5, 5.41) is 0. The predicted molar refractivity (Wildman–Crippen MR) is 129 cm³/mol. The van der Waals surface area contributed by atoms with E-state index in [0.29, 0.717) is 0 Å². The summed E-state index contributed by atoms with van der Waals surface area (Å²) in [6, 6.07) is 8.86. The molecule has 0 spiro atoms. The molecule has 0 radical (unpaired) electrons. The van der Waals surface area contributed by atoms with Crippen LogP contribution in [0.2, 0.25) is 0 Å². The zero-order chi connectivity index (χ0) is 32.0. The molecule has 0 atom stereocenters. The molecule has 228 valence electrons. The maximum absolute atomic E-state index is 12.9. The Morgan fingerprint density at radius 3 is 0.575 bits per heavy atom. The summed E-state index contributed by atoms with van der Waals surface area (Å²) >= 11 is 0. The summed E-state index contributed by atoms with van der Waals surface area (Å²) < 4.78 is 155. The van der Waals surface area contributed by atoms with E-state index in [9.17, 15) is 52.7 Å². The molecule has 0 nitrogen and oxygen atoms in total. The van der Waals surface area contributed by atoms with Crippen LogP contribution in [0.4, 0.5) is 52.7 Å². The quantitative estimate of drug-likeness (QED) is 0.303. The van der Waals surface area contributed by atoms with Crippen molar-refractivity contribution in [3.63, 3.8) is 0 Å². The zero-order valence-corrected chi connectivity index (χ0v) is 23.2. The fourth-order valence-corrected chi connectivity index (χ4v) is 3.58. The van der Waals surface area contributed by atoms with Gasteiger partial charge in [-0.3, -0.25) is 0 Å². The average molecular weight is 597 g/mol. The molecule has 2 aromatic rings. The molecule has 0 bridgehead atoms. The van der Waals surface area contributed by atoms with Crippen LogP contribution >= 0.6 is 0 Å². The van der Waals surface area contributed by atoms with Gasteiger partial charge in [-0.05, 0) is 46.9 Å². The Kier molecular flexibility index (Phi) is 9.60. The van der Waals surface area contributed by atoms with Crippen LogP contribution in [0.5, 0.6) is 0 Å². The van der Waals surface area contributed by atoms with Crippen LogP contribution in [0.3, 0.4) is 0 Å². The topological polar surface area (TPSA) is 0 Å². The van der Waals surface area contributed by atoms with Crippen molar-refractivity contribution < 1.29 is 52.7 Å². The van der Waals surface area contributed by atoms with Gasteiger partial charge in [0, 0.05) is 0 Å². The highest BCUT2D eigenvalue weighted by atomic mass is 19.4. The van der Waals surface area contributed by atoms with Gasteiger partial charge in [0.25, 0.3) is 0 Å². The van der Waals surface area contributed by atoms with Gasteiger partial charge in [-0.1, -0.05) is 90.1 Å². The predicted octanol–water partition coefficient (Wildman–Crippen LogP) is 10.7. The number of alkyl halides is 12. The van der Waals surface area contributed by atoms with Crippen LogP contribution < -0.4 is 0 Å². The van der Waals surface area contributed by atoms with Crippen LogP contribution in [0.1, 0.15) is 77.6 Å². The number of rotatable bonds is 2. The van der Waals surface area contributed by atoms with E-state index in [1.165, 1.54) is 11.1 Å². The van der Waals surface area contributed by atoms with Gasteiger partial charge in [-0.25, -0.2) is 0 Å². The molecule has 0 aliphatic rings. The molecule has 0 amide bonds. The Hall–Kier alpha value is -2.40. The van der Waals surface area contributed by atoms with E-state index in [1.54, 1.807) is 0 Å². The Morgan fingerprint density at radius 2 is 0.450 bits per heavy atom. The van der Waals surface area contributed by atoms with E-state index in [1.807, 2.05) is 0 Å². The molecule has 0 fully saturated rings. The first-order valence-corrected chi connectivity index (χ1v) is 11.9. The van der Waals surface area contributed by atoms with Crippen molar-refractivity contribution in [1.82, 2.24) is 0 Å². The normalized spacial score (nSPS) is 14.5. The van der Waals surface area contributed by atoms with Crippen molar-refractivity contribution in [3.05, 3.63) is 70.8 Å². The average Bonchev–Trinajstić information content (AvgIpc) is 2.74. The lowest BCUT2D eigenvalue weighted by Gasteiger charge is -2.36. The van der Waals surface area contributed by atoms with Crippen molar-refractivity contribution in [2.24, 2.45) is 0 Å². The standard InChI is InChI=1S/C14H10F12.C14H22/c1-9(11(15,16)17,12(18,19)20)7-3-5-8(6-4-7)10(2,13(21,22)23)14(24,25)26;1-13(2,3)11-7-9-12(10-8-11)14(4,5)6/h3-6H,1-2H3;7-10H,1-6H3. The van der Waals surface area contributed by atoms with Crippen molar-refractivity contribution in [2.45, 2.75) is 102 Å². The molecule has 40 heavy (non-hydrogen) atoms. The summed E-state index contributed by atoms with van der Waals surface area (Å²) in [6.07, 6.45) is -23.5. The lowest BCUT2D eigenvalue weighted by Crippen LogP contribution is -2.52. The molecule has 0 saturated carbocycles. The van der Waals surface area contributed by atoms with Gasteiger partial charge in [0.05, 0.1) is 0 Å². The molecular weight excluding hydrogens is 564 g/mol. The minimum Gasteiger partial charge on any atom is -0.170 e. The first-order chi connectivity index (χ1) is 17.4. The number of benzene rings is 2. The number of hydrogen-bond donors (Lipinski definition) is 0. The van der Waals surface area contributed by atoms with Crippen molar-refractivity contribution >= 4 is 0 Å². The summed E-state index contributed by atoms with van der Waals surface area (Å²) in [6.45, 7) is 13.0. The van der Waals surface area contributed by atoms with Gasteiger partial charge in [0.1, 0.15) is 0 Å². The van der Waals surface area contributed by atoms with Gasteiger partial charge in [0.15, 0.2) is 10.8 Å². The van der Waals surface area contributed by atoms with Gasteiger partial charge >= 0.3 is 24.7 Å². The van der Waals surface area contributed by atoms with E-state index in [0.717, 1.165) is 0 Å². The summed E-state index contributed by atoms with van der Waals surface area (Å²) in [5.41, 5.74) is -8.67. The van der Waals surface area contributed by atoms with E-state index in [4.69, 9.17) is 0 Å². The highest BCUT2D eigenvalue weighted by Crippen LogP contribution is 2.54. The minimum atomic E-state index is -5.88. The minimum absolute atomic E-state index is 0.0357. The molecule has 12 heteroatoms. The van der Waals surface area contributed by atoms with Gasteiger partial charge < -0.3 is 0 Å². The van der Waals surface area contributed by atoms with Crippen LogP contribution in [0.25, 0.3) is 0 Å². The van der Waals surface area contributed by atoms with Crippen LogP contribution in [0, 0.1) is 0 Å². The number of hydrogen-bond acceptors (Lipinski definition) is 0. The Balaban J connectivity index is 0.000000479. The van der Waals surface area contributed by atoms with E-state index < -0.39 is 46.7 Å². The van der Waals surface area contributed by atoms with Gasteiger partial charge in [-0.2, -0.15) is 52.7 Å². The van der Waals surface area contributed by atoms with E-state index in [2.05, 4.69) is 65.8 Å². The third-order valence-corrected chi connectivity index (χ3v) is 6.92. The molecule has 0 aliphatic carbocycles. The second kappa shape index (κ2) is 10.8. The van der Waals surface area contributed by atoms with Crippen molar-refractivity contribution in [3.8, 4) is 0 Å². The monoisotopic (exact) mass is 596 g/mol. The molecular formula is C28H32F12. The second-order valence-corrected chi connectivity index (χ2v) is 11.9.